The quantitative estimate of drug-likeness (QED) is 0.760. The van der Waals surface area contributed by atoms with Crippen LogP contribution in [0.5, 0.6) is 0 Å². The first-order valence-corrected chi connectivity index (χ1v) is 7.67. The van der Waals surface area contributed by atoms with Crippen molar-refractivity contribution in [3.05, 3.63) is 35.9 Å². The fraction of sp³-hybridized carbons (Fsp3) is 0.647. The van der Waals surface area contributed by atoms with Crippen molar-refractivity contribution in [2.24, 2.45) is 5.92 Å². The Balaban J connectivity index is 1.69. The van der Waals surface area contributed by atoms with Crippen LogP contribution in [0.2, 0.25) is 0 Å². The maximum absolute atomic E-state index is 3.73. The molecule has 1 N–H and O–H groups in total. The lowest BCUT2D eigenvalue weighted by Crippen LogP contribution is -2.32. The molecule has 0 aliphatic heterocycles. The Hall–Kier alpha value is -0.820. The molecule has 0 spiro atoms. The highest BCUT2D eigenvalue weighted by Gasteiger charge is 2.25. The Morgan fingerprint density at radius 3 is 2.78 bits per heavy atom. The summed E-state index contributed by atoms with van der Waals surface area (Å²) in [6.45, 7) is 3.45. The van der Waals surface area contributed by atoms with Gasteiger partial charge in [-0.15, -0.1) is 0 Å². The van der Waals surface area contributed by atoms with Gasteiger partial charge in [0.25, 0.3) is 0 Å². The van der Waals surface area contributed by atoms with Gasteiger partial charge < -0.3 is 5.32 Å². The van der Waals surface area contributed by atoms with E-state index in [2.05, 4.69) is 42.6 Å². The van der Waals surface area contributed by atoms with Crippen molar-refractivity contribution in [1.29, 1.82) is 0 Å². The summed E-state index contributed by atoms with van der Waals surface area (Å²) in [6, 6.07) is 11.7. The van der Waals surface area contributed by atoms with Crippen molar-refractivity contribution >= 4 is 0 Å². The average Bonchev–Trinajstić information content (AvgIpc) is 2.85. The van der Waals surface area contributed by atoms with Crippen LogP contribution in [0.15, 0.2) is 30.3 Å². The van der Waals surface area contributed by atoms with Crippen molar-refractivity contribution in [3.63, 3.8) is 0 Å². The third kappa shape index (κ3) is 4.13. The average molecular weight is 245 g/mol. The molecule has 0 saturated heterocycles. The summed E-state index contributed by atoms with van der Waals surface area (Å²) in [5.74, 6) is 0.931. The van der Waals surface area contributed by atoms with Crippen LogP contribution in [0.4, 0.5) is 0 Å². The molecule has 0 bridgehead atoms. The molecule has 1 heteroatoms. The minimum absolute atomic E-state index is 0.806. The van der Waals surface area contributed by atoms with Gasteiger partial charge in [0, 0.05) is 6.04 Å². The number of hydrogen-bond acceptors (Lipinski definition) is 1. The molecule has 1 nitrogen and oxygen atoms in total. The molecule has 0 radical (unpaired) electrons. The molecular weight excluding hydrogens is 218 g/mol. The molecule has 1 saturated carbocycles. The highest BCUT2D eigenvalue weighted by Crippen LogP contribution is 2.29. The van der Waals surface area contributed by atoms with Crippen LogP contribution >= 0.6 is 0 Å². The van der Waals surface area contributed by atoms with E-state index in [0.29, 0.717) is 0 Å². The molecule has 1 aromatic rings. The Morgan fingerprint density at radius 1 is 1.17 bits per heavy atom. The molecular formula is C17H27N. The van der Waals surface area contributed by atoms with Gasteiger partial charge in [-0.05, 0) is 56.6 Å². The van der Waals surface area contributed by atoms with E-state index in [-0.39, 0.29) is 0 Å². The maximum Gasteiger partial charge on any atom is 0.00953 e. The minimum atomic E-state index is 0.806. The normalized spacial score (nSPS) is 23.4. The van der Waals surface area contributed by atoms with E-state index in [1.807, 2.05) is 0 Å². The number of hydrogen-bond donors (Lipinski definition) is 1. The molecule has 1 aromatic carbocycles. The molecule has 1 fully saturated rings. The molecule has 100 valence electrons. The molecule has 0 heterocycles. The lowest BCUT2D eigenvalue weighted by atomic mass is 9.95. The van der Waals surface area contributed by atoms with Gasteiger partial charge in [-0.3, -0.25) is 0 Å². The van der Waals surface area contributed by atoms with Crippen LogP contribution in [-0.2, 0) is 6.42 Å². The van der Waals surface area contributed by atoms with E-state index in [4.69, 9.17) is 0 Å². The summed E-state index contributed by atoms with van der Waals surface area (Å²) in [4.78, 5) is 0. The largest absolute Gasteiger partial charge is 0.314 e. The molecule has 18 heavy (non-hydrogen) atoms. The van der Waals surface area contributed by atoms with Crippen LogP contribution in [0.3, 0.4) is 0 Å². The fourth-order valence-corrected chi connectivity index (χ4v) is 3.19. The summed E-state index contributed by atoms with van der Waals surface area (Å²) in [6.07, 6.45) is 9.52. The highest BCUT2D eigenvalue weighted by molar-refractivity contribution is 5.14. The smallest absolute Gasteiger partial charge is 0.00953 e. The van der Waals surface area contributed by atoms with Gasteiger partial charge in [0.05, 0.1) is 0 Å². The van der Waals surface area contributed by atoms with Crippen molar-refractivity contribution in [2.75, 3.05) is 6.54 Å². The third-order valence-electron chi connectivity index (χ3n) is 4.20. The number of aryl methyl sites for hydroxylation is 1. The second kappa shape index (κ2) is 7.58. The summed E-state index contributed by atoms with van der Waals surface area (Å²) in [7, 11) is 0. The molecule has 1 aliphatic rings. The van der Waals surface area contributed by atoms with Gasteiger partial charge in [-0.1, -0.05) is 43.7 Å². The minimum Gasteiger partial charge on any atom is -0.314 e. The summed E-state index contributed by atoms with van der Waals surface area (Å²) in [5.41, 5.74) is 1.49. The molecule has 0 aromatic heterocycles. The molecule has 2 atom stereocenters. The van der Waals surface area contributed by atoms with Gasteiger partial charge >= 0.3 is 0 Å². The first kappa shape index (κ1) is 13.6. The van der Waals surface area contributed by atoms with Gasteiger partial charge in [0.1, 0.15) is 0 Å². The monoisotopic (exact) mass is 245 g/mol. The highest BCUT2D eigenvalue weighted by atomic mass is 14.9. The van der Waals surface area contributed by atoms with Crippen LogP contribution in [-0.4, -0.2) is 12.6 Å². The van der Waals surface area contributed by atoms with Crippen LogP contribution in [0, 0.1) is 5.92 Å². The van der Waals surface area contributed by atoms with Crippen LogP contribution < -0.4 is 5.32 Å². The van der Waals surface area contributed by atoms with Crippen molar-refractivity contribution in [1.82, 2.24) is 5.32 Å². The number of benzene rings is 1. The van der Waals surface area contributed by atoms with E-state index in [0.717, 1.165) is 12.0 Å². The first-order chi connectivity index (χ1) is 8.90. The lowest BCUT2D eigenvalue weighted by Gasteiger charge is -2.20. The predicted molar refractivity (Wildman–Crippen MR) is 78.8 cm³/mol. The molecule has 2 unspecified atom stereocenters. The second-order valence-electron chi connectivity index (χ2n) is 5.63. The first-order valence-electron chi connectivity index (χ1n) is 7.67. The summed E-state index contributed by atoms with van der Waals surface area (Å²) >= 11 is 0. The summed E-state index contributed by atoms with van der Waals surface area (Å²) in [5, 5.41) is 3.73. The van der Waals surface area contributed by atoms with E-state index in [9.17, 15) is 0 Å². The SMILES string of the molecule is CCCNC1CCCC1CCCc1ccccc1. The van der Waals surface area contributed by atoms with E-state index >= 15 is 0 Å². The Labute approximate surface area is 112 Å². The fourth-order valence-electron chi connectivity index (χ4n) is 3.19. The van der Waals surface area contributed by atoms with Gasteiger partial charge in [0.15, 0.2) is 0 Å². The topological polar surface area (TPSA) is 12.0 Å². The molecule has 2 rings (SSSR count). The molecule has 1 aliphatic carbocycles. The number of rotatable bonds is 7. The van der Waals surface area contributed by atoms with Crippen molar-refractivity contribution in [2.45, 2.75) is 57.9 Å². The van der Waals surface area contributed by atoms with Gasteiger partial charge in [-0.2, -0.15) is 0 Å². The zero-order chi connectivity index (χ0) is 12.6. The standard InChI is InChI=1S/C17H27N/c1-2-14-18-17-13-7-12-16(17)11-6-10-15-8-4-3-5-9-15/h3-5,8-9,16-18H,2,6-7,10-14H2,1H3. The van der Waals surface area contributed by atoms with E-state index in [1.54, 1.807) is 0 Å². The zero-order valence-corrected chi connectivity index (χ0v) is 11.7. The Bertz CT molecular complexity index is 320. The Morgan fingerprint density at radius 2 is 2.00 bits per heavy atom. The van der Waals surface area contributed by atoms with Gasteiger partial charge in [0.2, 0.25) is 0 Å². The van der Waals surface area contributed by atoms with Crippen LogP contribution in [0.25, 0.3) is 0 Å². The maximum atomic E-state index is 3.73. The zero-order valence-electron chi connectivity index (χ0n) is 11.7. The lowest BCUT2D eigenvalue weighted by molar-refractivity contribution is 0.372. The predicted octanol–water partition coefficient (Wildman–Crippen LogP) is 4.18. The van der Waals surface area contributed by atoms with Gasteiger partial charge in [-0.25, -0.2) is 0 Å². The van der Waals surface area contributed by atoms with Crippen LogP contribution in [0.1, 0.15) is 51.0 Å². The van der Waals surface area contributed by atoms with E-state index < -0.39 is 0 Å². The molecule has 0 amide bonds. The third-order valence-corrected chi connectivity index (χ3v) is 4.20. The van der Waals surface area contributed by atoms with Crippen molar-refractivity contribution < 1.29 is 0 Å². The van der Waals surface area contributed by atoms with E-state index in [1.165, 1.54) is 57.1 Å². The number of nitrogens with one attached hydrogen (secondary N) is 1. The van der Waals surface area contributed by atoms with Crippen molar-refractivity contribution in [3.8, 4) is 0 Å². The second-order valence-corrected chi connectivity index (χ2v) is 5.63. The summed E-state index contributed by atoms with van der Waals surface area (Å²) < 4.78 is 0. The Kier molecular flexibility index (Phi) is 5.73.